The highest BCUT2D eigenvalue weighted by atomic mass is 35.5. The van der Waals surface area contributed by atoms with E-state index >= 15 is 0 Å². The van der Waals surface area contributed by atoms with E-state index in [1.807, 2.05) is 0 Å². The molecule has 1 unspecified atom stereocenters. The van der Waals surface area contributed by atoms with Gasteiger partial charge in [0.1, 0.15) is 23.5 Å². The summed E-state index contributed by atoms with van der Waals surface area (Å²) in [5, 5.41) is 13.2. The van der Waals surface area contributed by atoms with Crippen LogP contribution in [0, 0.1) is 0 Å². The largest absolute Gasteiger partial charge is 0.489 e. The lowest BCUT2D eigenvalue weighted by Crippen LogP contribution is -2.35. The van der Waals surface area contributed by atoms with Crippen LogP contribution in [0.2, 0.25) is 10.0 Å². The zero-order chi connectivity index (χ0) is 21.0. The number of ether oxygens (including phenoxy) is 1. The fraction of sp³-hybridized carbons (Fsp3) is 0.316. The Balaban J connectivity index is 1.50. The summed E-state index contributed by atoms with van der Waals surface area (Å²) in [6, 6.07) is 11.2. The summed E-state index contributed by atoms with van der Waals surface area (Å²) in [6.07, 6.45) is -0.367. The molecule has 0 aromatic heterocycles. The molecule has 1 aliphatic heterocycles. The molecule has 1 saturated heterocycles. The van der Waals surface area contributed by atoms with E-state index in [0.717, 1.165) is 0 Å². The quantitative estimate of drug-likeness (QED) is 0.664. The van der Waals surface area contributed by atoms with Gasteiger partial charge in [0, 0.05) is 18.7 Å². The van der Waals surface area contributed by atoms with Crippen LogP contribution in [-0.2, 0) is 10.0 Å². The number of nitrogens with one attached hydrogen (secondary N) is 1. The highest BCUT2D eigenvalue weighted by Crippen LogP contribution is 2.31. The number of carbonyl (C=O) groups is 1. The number of amides is 1. The van der Waals surface area contributed by atoms with Crippen LogP contribution >= 0.6 is 23.2 Å². The van der Waals surface area contributed by atoms with Crippen molar-refractivity contribution in [3.05, 3.63) is 58.1 Å². The molecule has 2 aromatic rings. The Morgan fingerprint density at radius 2 is 1.93 bits per heavy atom. The van der Waals surface area contributed by atoms with Crippen LogP contribution in [0.1, 0.15) is 16.8 Å². The first kappa shape index (κ1) is 21.7. The first-order valence-electron chi connectivity index (χ1n) is 8.91. The lowest BCUT2D eigenvalue weighted by molar-refractivity contribution is 0.0844. The van der Waals surface area contributed by atoms with Crippen molar-refractivity contribution in [3.8, 4) is 5.75 Å². The van der Waals surface area contributed by atoms with Gasteiger partial charge in [0.05, 0.1) is 16.5 Å². The molecule has 156 valence electrons. The molecule has 2 N–H and O–H groups in total. The Bertz CT molecular complexity index is 983. The van der Waals surface area contributed by atoms with Crippen molar-refractivity contribution in [2.45, 2.75) is 12.5 Å². The van der Waals surface area contributed by atoms with E-state index < -0.39 is 16.1 Å². The molecular weight excluding hydrogens is 439 g/mol. The molecular formula is C19H20Cl2N2O5S. The third-order valence-electron chi connectivity index (χ3n) is 4.36. The van der Waals surface area contributed by atoms with E-state index in [-0.39, 0.29) is 29.8 Å². The molecule has 10 heteroatoms. The Hall–Kier alpha value is -2.00. The van der Waals surface area contributed by atoms with Crippen molar-refractivity contribution >= 4 is 44.8 Å². The molecule has 29 heavy (non-hydrogen) atoms. The number of anilines is 1. The normalized spacial score (nSPS) is 16.4. The first-order valence-corrected chi connectivity index (χ1v) is 11.3. The minimum atomic E-state index is -3.26. The summed E-state index contributed by atoms with van der Waals surface area (Å²) in [5.74, 6) is 0.0907. The average Bonchev–Trinajstić information content (AvgIpc) is 3.06. The maximum atomic E-state index is 12.2. The van der Waals surface area contributed by atoms with Crippen molar-refractivity contribution in [2.75, 3.05) is 29.8 Å². The molecule has 2 aromatic carbocycles. The van der Waals surface area contributed by atoms with Crippen LogP contribution < -0.4 is 14.4 Å². The van der Waals surface area contributed by atoms with E-state index in [0.29, 0.717) is 35.0 Å². The number of aliphatic hydroxyl groups excluding tert-OH is 1. The predicted molar refractivity (Wildman–Crippen MR) is 112 cm³/mol. The van der Waals surface area contributed by atoms with Crippen LogP contribution in [0.3, 0.4) is 0 Å². The fourth-order valence-electron chi connectivity index (χ4n) is 2.86. The molecule has 3 rings (SSSR count). The molecule has 0 spiro atoms. The van der Waals surface area contributed by atoms with E-state index in [9.17, 15) is 18.3 Å². The zero-order valence-corrected chi connectivity index (χ0v) is 17.7. The van der Waals surface area contributed by atoms with E-state index in [4.69, 9.17) is 27.9 Å². The summed E-state index contributed by atoms with van der Waals surface area (Å²) in [7, 11) is -3.26. The molecule has 0 bridgehead atoms. The fourth-order valence-corrected chi connectivity index (χ4v) is 4.77. The van der Waals surface area contributed by atoms with Gasteiger partial charge in [0.25, 0.3) is 5.91 Å². The van der Waals surface area contributed by atoms with E-state index in [1.54, 1.807) is 42.5 Å². The van der Waals surface area contributed by atoms with Crippen molar-refractivity contribution in [3.63, 3.8) is 0 Å². The van der Waals surface area contributed by atoms with Gasteiger partial charge in [-0.15, -0.1) is 0 Å². The SMILES string of the molecule is O=C(NCC(O)COc1cccc(Cl)c1Cl)c1ccc(N2CCCS2(=O)=O)cc1. The third kappa shape index (κ3) is 5.33. The smallest absolute Gasteiger partial charge is 0.251 e. The zero-order valence-electron chi connectivity index (χ0n) is 15.3. The Morgan fingerprint density at radius 1 is 1.21 bits per heavy atom. The number of rotatable bonds is 7. The molecule has 0 radical (unpaired) electrons. The van der Waals surface area contributed by atoms with Gasteiger partial charge in [-0.25, -0.2) is 8.42 Å². The maximum absolute atomic E-state index is 12.2. The second-order valence-electron chi connectivity index (χ2n) is 6.52. The monoisotopic (exact) mass is 458 g/mol. The van der Waals surface area contributed by atoms with Gasteiger partial charge in [0.15, 0.2) is 0 Å². The van der Waals surface area contributed by atoms with Gasteiger partial charge >= 0.3 is 0 Å². The van der Waals surface area contributed by atoms with Crippen molar-refractivity contribution in [2.24, 2.45) is 0 Å². The van der Waals surface area contributed by atoms with Crippen molar-refractivity contribution in [1.29, 1.82) is 0 Å². The Kier molecular flexibility index (Phi) is 6.89. The lowest BCUT2D eigenvalue weighted by Gasteiger charge is -2.17. The summed E-state index contributed by atoms with van der Waals surface area (Å²) >= 11 is 11.9. The van der Waals surface area contributed by atoms with E-state index in [1.165, 1.54) is 4.31 Å². The van der Waals surface area contributed by atoms with Crippen molar-refractivity contribution < 1.29 is 23.1 Å². The average molecular weight is 459 g/mol. The molecule has 1 amide bonds. The second-order valence-corrected chi connectivity index (χ2v) is 9.31. The van der Waals surface area contributed by atoms with Crippen LogP contribution in [0.4, 0.5) is 5.69 Å². The summed E-state index contributed by atoms with van der Waals surface area (Å²) < 4.78 is 30.7. The van der Waals surface area contributed by atoms with Crippen LogP contribution in [0.15, 0.2) is 42.5 Å². The van der Waals surface area contributed by atoms with E-state index in [2.05, 4.69) is 5.32 Å². The Morgan fingerprint density at radius 3 is 2.59 bits per heavy atom. The number of halogens is 2. The minimum absolute atomic E-state index is 0.0285. The molecule has 0 saturated carbocycles. The standard InChI is InChI=1S/C19H20Cl2N2O5S/c20-16-3-1-4-17(18(16)21)28-12-15(24)11-22-19(25)13-5-7-14(8-6-13)23-9-2-10-29(23,26)27/h1,3-8,15,24H,2,9-12H2,(H,22,25). The maximum Gasteiger partial charge on any atom is 0.251 e. The number of aliphatic hydroxyl groups is 1. The lowest BCUT2D eigenvalue weighted by atomic mass is 10.2. The molecule has 0 aliphatic carbocycles. The van der Waals surface area contributed by atoms with Gasteiger partial charge in [0.2, 0.25) is 10.0 Å². The number of hydrogen-bond acceptors (Lipinski definition) is 5. The first-order chi connectivity index (χ1) is 13.8. The Labute approximate surface area is 179 Å². The topological polar surface area (TPSA) is 95.9 Å². The van der Waals surface area contributed by atoms with Crippen LogP contribution in [-0.4, -0.2) is 51.0 Å². The second kappa shape index (κ2) is 9.21. The van der Waals surface area contributed by atoms with Gasteiger partial charge in [-0.1, -0.05) is 29.3 Å². The molecule has 1 fully saturated rings. The van der Waals surface area contributed by atoms with Crippen LogP contribution in [0.25, 0.3) is 0 Å². The van der Waals surface area contributed by atoms with Crippen LogP contribution in [0.5, 0.6) is 5.75 Å². The van der Waals surface area contributed by atoms with Crippen molar-refractivity contribution in [1.82, 2.24) is 5.32 Å². The summed E-state index contributed by atoms with van der Waals surface area (Å²) in [4.78, 5) is 12.2. The molecule has 1 aliphatic rings. The number of sulfonamides is 1. The number of benzene rings is 2. The van der Waals surface area contributed by atoms with Gasteiger partial charge in [-0.05, 0) is 42.8 Å². The highest BCUT2D eigenvalue weighted by molar-refractivity contribution is 7.93. The molecule has 1 atom stereocenters. The number of carbonyl (C=O) groups excluding carboxylic acids is 1. The highest BCUT2D eigenvalue weighted by Gasteiger charge is 2.28. The third-order valence-corrected chi connectivity index (χ3v) is 7.03. The van der Waals surface area contributed by atoms with Gasteiger partial charge in [-0.3, -0.25) is 9.10 Å². The van der Waals surface area contributed by atoms with Gasteiger partial charge in [-0.2, -0.15) is 0 Å². The van der Waals surface area contributed by atoms with Gasteiger partial charge < -0.3 is 15.2 Å². The summed E-state index contributed by atoms with van der Waals surface area (Å²) in [6.45, 7) is 0.335. The predicted octanol–water partition coefficient (Wildman–Crippen LogP) is 2.70. The molecule has 1 heterocycles. The number of hydrogen-bond donors (Lipinski definition) is 2. The number of nitrogens with zero attached hydrogens (tertiary/aromatic N) is 1. The summed E-state index contributed by atoms with van der Waals surface area (Å²) in [5.41, 5.74) is 0.891. The molecule has 7 nitrogen and oxygen atoms in total. The minimum Gasteiger partial charge on any atom is -0.489 e.